The van der Waals surface area contributed by atoms with Crippen LogP contribution in [0.25, 0.3) is 0 Å². The number of nitrogens with zero attached hydrogens (tertiary/aromatic N) is 5. The molecule has 0 unspecified atom stereocenters. The van der Waals surface area contributed by atoms with Crippen LogP contribution in [0.1, 0.15) is 32.5 Å². The topological polar surface area (TPSA) is 113 Å². The van der Waals surface area contributed by atoms with Crippen LogP contribution >= 0.6 is 0 Å². The van der Waals surface area contributed by atoms with Gasteiger partial charge < -0.3 is 19.5 Å². The van der Waals surface area contributed by atoms with Gasteiger partial charge in [-0.05, 0) is 20.8 Å². The van der Waals surface area contributed by atoms with Crippen LogP contribution in [-0.2, 0) is 21.3 Å². The average molecular weight is 403 g/mol. The second-order valence-electron chi connectivity index (χ2n) is 6.52. The van der Waals surface area contributed by atoms with E-state index < -0.39 is 10.0 Å². The molecule has 2 heterocycles. The average Bonchev–Trinajstić information content (AvgIpc) is 3.03. The minimum absolute atomic E-state index is 0.0104. The standard InChI is InChI=1S/C16H30N6O4S/c1-5-17-16(18-12-15-19-14(4)26-20-15)21-6-8-22(9-7-21)27(23,24)11-10-25-13(2)3/h13H,5-12H2,1-4H3,(H,17,18). The molecule has 0 radical (unpaired) electrons. The van der Waals surface area contributed by atoms with E-state index in [0.29, 0.717) is 44.4 Å². The van der Waals surface area contributed by atoms with Gasteiger partial charge >= 0.3 is 0 Å². The normalized spacial score (nSPS) is 16.9. The number of sulfonamides is 1. The molecule has 2 rings (SSSR count). The molecule has 0 spiro atoms. The number of aliphatic imine (C=N–C) groups is 1. The fourth-order valence-corrected chi connectivity index (χ4v) is 3.96. The number of piperazine rings is 1. The molecule has 0 aliphatic carbocycles. The Hall–Kier alpha value is -1.72. The minimum atomic E-state index is -3.30. The summed E-state index contributed by atoms with van der Waals surface area (Å²) < 4.78 is 36.7. The van der Waals surface area contributed by atoms with Crippen LogP contribution < -0.4 is 5.32 Å². The van der Waals surface area contributed by atoms with E-state index in [1.165, 1.54) is 4.31 Å². The van der Waals surface area contributed by atoms with E-state index in [1.807, 2.05) is 25.7 Å². The van der Waals surface area contributed by atoms with Crippen molar-refractivity contribution in [3.05, 3.63) is 11.7 Å². The Morgan fingerprint density at radius 2 is 2.04 bits per heavy atom. The third-order valence-corrected chi connectivity index (χ3v) is 5.83. The summed E-state index contributed by atoms with van der Waals surface area (Å²) in [6, 6.07) is 0. The largest absolute Gasteiger partial charge is 0.378 e. The molecule has 0 bridgehead atoms. The lowest BCUT2D eigenvalue weighted by molar-refractivity contribution is 0.0904. The molecule has 154 valence electrons. The van der Waals surface area contributed by atoms with Crippen LogP contribution in [0.4, 0.5) is 0 Å². The zero-order chi connectivity index (χ0) is 19.9. The molecule has 1 aromatic rings. The van der Waals surface area contributed by atoms with Crippen LogP contribution in [0.5, 0.6) is 0 Å². The Kier molecular flexibility index (Phi) is 7.99. The van der Waals surface area contributed by atoms with E-state index in [2.05, 4.69) is 20.4 Å². The third-order valence-electron chi connectivity index (χ3n) is 4.00. The molecule has 10 nitrogen and oxygen atoms in total. The fraction of sp³-hybridized carbons (Fsp3) is 0.812. The summed E-state index contributed by atoms with van der Waals surface area (Å²) in [6.07, 6.45) is 0.0268. The Bertz CT molecular complexity index is 710. The number of nitrogens with one attached hydrogen (secondary N) is 1. The third kappa shape index (κ3) is 6.74. The molecule has 0 atom stereocenters. The number of guanidine groups is 1. The van der Waals surface area contributed by atoms with E-state index in [0.717, 1.165) is 12.5 Å². The van der Waals surface area contributed by atoms with Crippen molar-refractivity contribution in [3.63, 3.8) is 0 Å². The molecule has 1 aromatic heterocycles. The molecule has 0 saturated carbocycles. The Morgan fingerprint density at radius 1 is 1.33 bits per heavy atom. The first kappa shape index (κ1) is 21.6. The second kappa shape index (κ2) is 10.00. The van der Waals surface area contributed by atoms with Gasteiger partial charge in [-0.15, -0.1) is 0 Å². The first-order valence-corrected chi connectivity index (χ1v) is 10.8. The van der Waals surface area contributed by atoms with Crippen molar-refractivity contribution in [2.45, 2.75) is 40.3 Å². The molecule has 1 saturated heterocycles. The Labute approximate surface area is 161 Å². The minimum Gasteiger partial charge on any atom is -0.378 e. The van der Waals surface area contributed by atoms with Gasteiger partial charge in [-0.2, -0.15) is 9.29 Å². The number of aryl methyl sites for hydroxylation is 1. The molecule has 1 aliphatic rings. The first-order chi connectivity index (χ1) is 12.8. The molecule has 27 heavy (non-hydrogen) atoms. The van der Waals surface area contributed by atoms with Crippen molar-refractivity contribution in [1.82, 2.24) is 24.7 Å². The van der Waals surface area contributed by atoms with Gasteiger partial charge in [0, 0.05) is 39.6 Å². The van der Waals surface area contributed by atoms with Crippen LogP contribution in [-0.4, -0.2) is 84.9 Å². The highest BCUT2D eigenvalue weighted by atomic mass is 32.2. The van der Waals surface area contributed by atoms with Crippen molar-refractivity contribution in [2.24, 2.45) is 4.99 Å². The van der Waals surface area contributed by atoms with E-state index in [1.54, 1.807) is 6.92 Å². The molecular formula is C16H30N6O4S. The van der Waals surface area contributed by atoms with Gasteiger partial charge in [-0.1, -0.05) is 5.16 Å². The summed E-state index contributed by atoms with van der Waals surface area (Å²) >= 11 is 0. The van der Waals surface area contributed by atoms with Gasteiger partial charge in [-0.25, -0.2) is 13.4 Å². The molecular weight excluding hydrogens is 372 g/mol. The van der Waals surface area contributed by atoms with E-state index in [-0.39, 0.29) is 18.5 Å². The summed E-state index contributed by atoms with van der Waals surface area (Å²) in [5, 5.41) is 7.07. The first-order valence-electron chi connectivity index (χ1n) is 9.23. The maximum atomic E-state index is 12.4. The lowest BCUT2D eigenvalue weighted by atomic mass is 10.4. The number of hydrogen-bond acceptors (Lipinski definition) is 7. The maximum absolute atomic E-state index is 12.4. The van der Waals surface area contributed by atoms with Gasteiger partial charge in [0.2, 0.25) is 15.9 Å². The lowest BCUT2D eigenvalue weighted by Gasteiger charge is -2.35. The number of ether oxygens (including phenoxy) is 1. The smallest absolute Gasteiger partial charge is 0.223 e. The summed E-state index contributed by atoms with van der Waals surface area (Å²) in [4.78, 5) is 10.7. The zero-order valence-electron chi connectivity index (χ0n) is 16.5. The highest BCUT2D eigenvalue weighted by Crippen LogP contribution is 2.09. The molecule has 11 heteroatoms. The SMILES string of the molecule is CCNC(=NCc1noc(C)n1)N1CCN(S(=O)(=O)CCOC(C)C)CC1. The van der Waals surface area contributed by atoms with Crippen LogP contribution in [0, 0.1) is 6.92 Å². The van der Waals surface area contributed by atoms with E-state index in [4.69, 9.17) is 9.26 Å². The van der Waals surface area contributed by atoms with Crippen molar-refractivity contribution < 1.29 is 17.7 Å². The molecule has 0 amide bonds. The molecule has 1 N–H and O–H groups in total. The van der Waals surface area contributed by atoms with E-state index in [9.17, 15) is 8.42 Å². The van der Waals surface area contributed by atoms with Gasteiger partial charge in [0.25, 0.3) is 0 Å². The maximum Gasteiger partial charge on any atom is 0.223 e. The van der Waals surface area contributed by atoms with Crippen LogP contribution in [0.2, 0.25) is 0 Å². The number of aromatic nitrogens is 2. The van der Waals surface area contributed by atoms with Gasteiger partial charge in [0.1, 0.15) is 6.54 Å². The Morgan fingerprint density at radius 3 is 2.59 bits per heavy atom. The highest BCUT2D eigenvalue weighted by Gasteiger charge is 2.28. The fourth-order valence-electron chi connectivity index (χ4n) is 2.67. The number of hydrogen-bond donors (Lipinski definition) is 1. The lowest BCUT2D eigenvalue weighted by Crippen LogP contribution is -2.54. The summed E-state index contributed by atoms with van der Waals surface area (Å²) in [7, 11) is -3.30. The van der Waals surface area contributed by atoms with E-state index >= 15 is 0 Å². The van der Waals surface area contributed by atoms with Crippen molar-refractivity contribution >= 4 is 16.0 Å². The molecule has 0 aromatic carbocycles. The summed E-state index contributed by atoms with van der Waals surface area (Å²) in [6.45, 7) is 10.7. The zero-order valence-corrected chi connectivity index (χ0v) is 17.3. The second-order valence-corrected chi connectivity index (χ2v) is 8.61. The van der Waals surface area contributed by atoms with Crippen molar-refractivity contribution in [1.29, 1.82) is 0 Å². The Balaban J connectivity index is 1.90. The van der Waals surface area contributed by atoms with Gasteiger partial charge in [0.15, 0.2) is 11.8 Å². The molecule has 1 aliphatic heterocycles. The number of rotatable bonds is 8. The van der Waals surface area contributed by atoms with Gasteiger partial charge in [0.05, 0.1) is 18.5 Å². The summed E-state index contributed by atoms with van der Waals surface area (Å²) in [5.74, 6) is 1.76. The van der Waals surface area contributed by atoms with Crippen LogP contribution in [0.3, 0.4) is 0 Å². The monoisotopic (exact) mass is 402 g/mol. The molecule has 1 fully saturated rings. The highest BCUT2D eigenvalue weighted by molar-refractivity contribution is 7.89. The van der Waals surface area contributed by atoms with Crippen molar-refractivity contribution in [3.8, 4) is 0 Å². The van der Waals surface area contributed by atoms with Crippen LogP contribution in [0.15, 0.2) is 9.52 Å². The quantitative estimate of drug-likeness (QED) is 0.485. The van der Waals surface area contributed by atoms with Gasteiger partial charge in [-0.3, -0.25) is 0 Å². The predicted octanol–water partition coefficient (Wildman–Crippen LogP) is 0.216. The summed E-state index contributed by atoms with van der Waals surface area (Å²) in [5.41, 5.74) is 0. The predicted molar refractivity (Wildman–Crippen MR) is 102 cm³/mol. The van der Waals surface area contributed by atoms with Crippen molar-refractivity contribution in [2.75, 3.05) is 45.1 Å².